The minimum atomic E-state index is -0.980. The molecule has 2 fully saturated rings. The van der Waals surface area contributed by atoms with Crippen molar-refractivity contribution in [1.29, 1.82) is 0 Å². The number of nitrogens with zero attached hydrogens (tertiary/aromatic N) is 3. The number of carboxylic acid groups (broad SMARTS) is 1. The molecule has 10 rings (SSSR count). The van der Waals surface area contributed by atoms with Gasteiger partial charge in [0, 0.05) is 54.0 Å². The van der Waals surface area contributed by atoms with Gasteiger partial charge in [-0.15, -0.1) is 12.4 Å². The Bertz CT molecular complexity index is 3380. The van der Waals surface area contributed by atoms with Gasteiger partial charge in [-0.1, -0.05) is 54.9 Å². The van der Waals surface area contributed by atoms with Gasteiger partial charge < -0.3 is 46.3 Å². The molecule has 20 heteroatoms. The van der Waals surface area contributed by atoms with Crippen LogP contribution < -0.4 is 27.4 Å². The van der Waals surface area contributed by atoms with Crippen LogP contribution in [0.5, 0.6) is 0 Å². The number of likely N-dealkylation sites (tertiary alicyclic amines) is 1. The van der Waals surface area contributed by atoms with E-state index in [1.54, 1.807) is 102 Å². The van der Waals surface area contributed by atoms with E-state index >= 15 is 0 Å². The molecule has 0 aliphatic carbocycles. The summed E-state index contributed by atoms with van der Waals surface area (Å²) >= 11 is 12.9. The molecule has 77 heavy (non-hydrogen) atoms. The van der Waals surface area contributed by atoms with E-state index in [0.29, 0.717) is 75.9 Å². The number of amides is 3. The number of aromatic carboxylic acids is 1. The Morgan fingerprint density at radius 2 is 1.16 bits per heavy atom. The van der Waals surface area contributed by atoms with Gasteiger partial charge in [0.2, 0.25) is 11.8 Å². The molecule has 0 spiro atoms. The largest absolute Gasteiger partial charge is 0.478 e. The minimum Gasteiger partial charge on any atom is -0.478 e. The van der Waals surface area contributed by atoms with Crippen molar-refractivity contribution in [3.05, 3.63) is 178 Å². The van der Waals surface area contributed by atoms with Crippen LogP contribution in [0, 0.1) is 0 Å². The fourth-order valence-corrected chi connectivity index (χ4v) is 8.52. The minimum absolute atomic E-state index is 0. The van der Waals surface area contributed by atoms with Gasteiger partial charge in [-0.25, -0.2) is 23.5 Å². The number of anilines is 2. The molecular weight excluding hydrogens is 1050 g/mol. The number of hydrogen-bond acceptors (Lipinski definition) is 11. The van der Waals surface area contributed by atoms with Gasteiger partial charge in [-0.2, -0.15) is 0 Å². The number of fused-ring (bicyclic) bond motifs is 2. The zero-order valence-electron chi connectivity index (χ0n) is 40.5. The van der Waals surface area contributed by atoms with Crippen molar-refractivity contribution in [2.75, 3.05) is 37.6 Å². The number of carbonyl (C=O) groups is 4. The van der Waals surface area contributed by atoms with E-state index in [4.69, 9.17) is 48.6 Å². The lowest BCUT2D eigenvalue weighted by molar-refractivity contribution is -0.117. The smallest absolute Gasteiger partial charge is 0.335 e. The number of halogens is 5. The number of hydrogen-bond donors (Lipinski definition) is 6. The van der Waals surface area contributed by atoms with Crippen molar-refractivity contribution >= 4 is 105 Å². The molecule has 2 aliphatic rings. The molecule has 0 bridgehead atoms. The molecule has 3 amide bonds. The predicted octanol–water partition coefficient (Wildman–Crippen LogP) is 11.4. The lowest BCUT2D eigenvalue weighted by Crippen LogP contribution is -2.28. The van der Waals surface area contributed by atoms with Crippen molar-refractivity contribution in [2.24, 2.45) is 0 Å². The normalized spacial score (nSPS) is 14.8. The van der Waals surface area contributed by atoms with E-state index in [0.717, 1.165) is 50.7 Å². The van der Waals surface area contributed by atoms with Gasteiger partial charge in [0.15, 0.2) is 11.2 Å². The summed E-state index contributed by atoms with van der Waals surface area (Å²) in [5.74, 6) is 0.222. The van der Waals surface area contributed by atoms with Crippen LogP contribution in [-0.2, 0) is 22.7 Å². The number of furan rings is 2. The Morgan fingerprint density at radius 1 is 0.675 bits per heavy atom. The van der Waals surface area contributed by atoms with E-state index in [9.17, 15) is 28.0 Å². The Balaban J connectivity index is 0.000000221. The van der Waals surface area contributed by atoms with Gasteiger partial charge in [-0.05, 0) is 150 Å². The second kappa shape index (κ2) is 27.1. The highest BCUT2D eigenvalue weighted by molar-refractivity contribution is 6.35. The third kappa shape index (κ3) is 16.0. The number of pyridine rings is 2. The van der Waals surface area contributed by atoms with Crippen molar-refractivity contribution < 1.29 is 41.9 Å². The summed E-state index contributed by atoms with van der Waals surface area (Å²) in [5, 5.41) is 19.9. The summed E-state index contributed by atoms with van der Waals surface area (Å²) in [6.07, 6.45) is 8.83. The molecule has 0 radical (unpaired) electrons. The zero-order chi connectivity index (χ0) is 53.0. The topological polar surface area (TPSA) is 232 Å². The molecule has 8 N–H and O–H groups in total. The Labute approximate surface area is 458 Å². The first-order chi connectivity index (χ1) is 36.1. The standard InChI is InChI=1S/C28H24ClFN4O3.C24H18ClN3O4.C4H8FN.CH4.ClH/c29-24-13-20(18-3-5-19(6-4-18)28(36)34-10-9-22(30)16-34)11-21-12-23(37-27(21)24)15-33-26(35)8-2-17-1-7-25(31)32-14-17;25-20-11-17(15-3-5-16(6-4-15)24(30)31)9-18-10-19(32-23(18)20)13-28-22(29)8-2-14-1-7-21(26)27-12-14;5-4-1-2-6-3-4;;/h1-8,11-14,22H,9-10,15-16H2,(H2,31,32)(H,33,35);1-12H,13H2,(H2,26,27)(H,28,29)(H,30,31);4,6H,1-3H2;1H4;1H/b2*8-2+;;;/t22-;;4-;;/m0.0../s1. The number of aromatic nitrogens is 2. The van der Waals surface area contributed by atoms with Crippen LogP contribution in [0.4, 0.5) is 20.4 Å². The third-order valence-electron chi connectivity index (χ3n) is 11.9. The average molecular weight is 1110 g/mol. The predicted molar refractivity (Wildman–Crippen MR) is 301 cm³/mol. The van der Waals surface area contributed by atoms with Gasteiger partial charge in [-0.3, -0.25) is 14.4 Å². The van der Waals surface area contributed by atoms with E-state index in [1.165, 1.54) is 12.2 Å². The van der Waals surface area contributed by atoms with Crippen LogP contribution in [0.3, 0.4) is 0 Å². The molecule has 8 aromatic rings. The first-order valence-electron chi connectivity index (χ1n) is 23.6. The van der Waals surface area contributed by atoms with Crippen LogP contribution in [0.1, 0.15) is 63.6 Å². The molecule has 4 aromatic carbocycles. The molecule has 0 unspecified atom stereocenters. The molecule has 400 valence electrons. The van der Waals surface area contributed by atoms with Crippen LogP contribution in [0.15, 0.2) is 143 Å². The number of benzene rings is 4. The number of carbonyl (C=O) groups excluding carboxylic acids is 3. The average Bonchev–Trinajstić information content (AvgIpc) is 4.26. The van der Waals surface area contributed by atoms with E-state index in [1.807, 2.05) is 36.4 Å². The first-order valence-corrected chi connectivity index (χ1v) is 24.4. The van der Waals surface area contributed by atoms with Crippen LogP contribution in [0.25, 0.3) is 56.3 Å². The maximum atomic E-state index is 13.5. The van der Waals surface area contributed by atoms with Gasteiger partial charge in [0.05, 0.1) is 35.2 Å². The highest BCUT2D eigenvalue weighted by Crippen LogP contribution is 2.35. The van der Waals surface area contributed by atoms with Gasteiger partial charge in [0.25, 0.3) is 5.91 Å². The Morgan fingerprint density at radius 3 is 1.53 bits per heavy atom. The maximum absolute atomic E-state index is 13.5. The molecule has 6 heterocycles. The summed E-state index contributed by atoms with van der Waals surface area (Å²) in [6, 6.07) is 31.6. The number of nitrogen functional groups attached to an aromatic ring is 2. The second-order valence-corrected chi connectivity index (χ2v) is 18.3. The van der Waals surface area contributed by atoms with Crippen molar-refractivity contribution in [3.63, 3.8) is 0 Å². The van der Waals surface area contributed by atoms with Crippen LogP contribution in [0.2, 0.25) is 10.0 Å². The van der Waals surface area contributed by atoms with Crippen molar-refractivity contribution in [1.82, 2.24) is 30.8 Å². The first kappa shape index (κ1) is 58.2. The number of carboxylic acids is 1. The summed E-state index contributed by atoms with van der Waals surface area (Å²) < 4.78 is 37.0. The number of nitrogens with one attached hydrogen (secondary N) is 3. The fourth-order valence-electron chi connectivity index (χ4n) is 7.99. The molecule has 4 aromatic heterocycles. The van der Waals surface area contributed by atoms with Crippen LogP contribution in [-0.4, -0.2) is 82.2 Å². The molecule has 15 nitrogen and oxygen atoms in total. The molecule has 2 aliphatic heterocycles. The monoisotopic (exact) mass is 1110 g/mol. The van der Waals surface area contributed by atoms with Crippen molar-refractivity contribution in [2.45, 2.75) is 45.7 Å². The Hall–Kier alpha value is -8.09. The van der Waals surface area contributed by atoms with Crippen molar-refractivity contribution in [3.8, 4) is 22.3 Å². The van der Waals surface area contributed by atoms with Crippen LogP contribution >= 0.6 is 35.6 Å². The molecule has 2 saturated heterocycles. The summed E-state index contributed by atoms with van der Waals surface area (Å²) in [6.45, 7) is 2.40. The van der Waals surface area contributed by atoms with E-state index in [-0.39, 0.29) is 62.8 Å². The summed E-state index contributed by atoms with van der Waals surface area (Å²) in [7, 11) is 0. The van der Waals surface area contributed by atoms with Gasteiger partial charge in [0.1, 0.15) is 35.5 Å². The van der Waals surface area contributed by atoms with E-state index in [2.05, 4.69) is 25.9 Å². The highest BCUT2D eigenvalue weighted by Gasteiger charge is 2.26. The summed E-state index contributed by atoms with van der Waals surface area (Å²) in [5.41, 5.74) is 17.8. The number of nitrogens with two attached hydrogens (primary N) is 2. The lowest BCUT2D eigenvalue weighted by atomic mass is 10.0. The zero-order valence-corrected chi connectivity index (χ0v) is 42.8. The SMILES string of the molecule is C.Cl.F[C@H]1CCNC1.Nc1ccc(/C=C/C(=O)NCc2cc3cc(-c4ccc(C(=O)N5CC[C@H](F)C5)cc4)cc(Cl)c3o2)cn1.Nc1ccc(/C=C/C(=O)NCc2cc3cc(-c4ccc(C(=O)O)cc4)cc(Cl)c3o2)cn1. The second-order valence-electron chi connectivity index (χ2n) is 17.5. The third-order valence-corrected chi connectivity index (χ3v) is 12.5. The molecule has 2 atom stereocenters. The molecule has 0 saturated carbocycles. The number of alkyl halides is 2. The van der Waals surface area contributed by atoms with E-state index < -0.39 is 18.3 Å². The van der Waals surface area contributed by atoms with Gasteiger partial charge >= 0.3 is 5.97 Å². The maximum Gasteiger partial charge on any atom is 0.335 e. The lowest BCUT2D eigenvalue weighted by Gasteiger charge is -2.15. The molecular formula is C57H55Cl3F2N8O7. The highest BCUT2D eigenvalue weighted by atomic mass is 35.5. The summed E-state index contributed by atoms with van der Waals surface area (Å²) in [4.78, 5) is 57.4. The number of rotatable bonds is 12. The quantitative estimate of drug-likeness (QED) is 0.0628. The Kier molecular flexibility index (Phi) is 20.5. The fraction of sp³-hybridized carbons (Fsp3) is 0.193.